The summed E-state index contributed by atoms with van der Waals surface area (Å²) in [6.45, 7) is 2.53. The van der Waals surface area contributed by atoms with Crippen molar-refractivity contribution < 1.29 is 18.7 Å². The van der Waals surface area contributed by atoms with Crippen molar-refractivity contribution in [3.05, 3.63) is 99.3 Å². The molecule has 4 rings (SSSR count). The molecule has 1 N–H and O–H groups in total. The third kappa shape index (κ3) is 4.70. The van der Waals surface area contributed by atoms with Gasteiger partial charge >= 0.3 is 0 Å². The van der Waals surface area contributed by atoms with Crippen molar-refractivity contribution in [3.8, 4) is 0 Å². The van der Waals surface area contributed by atoms with Crippen molar-refractivity contribution >= 4 is 33.4 Å². The maximum Gasteiger partial charge on any atom is 0.254 e. The van der Waals surface area contributed by atoms with Crippen LogP contribution in [-0.2, 0) is 9.53 Å². The van der Waals surface area contributed by atoms with Crippen molar-refractivity contribution in [2.45, 2.75) is 18.9 Å². The number of hydrogen-bond donors (Lipinski definition) is 1. The van der Waals surface area contributed by atoms with Crippen LogP contribution < -0.4 is 5.32 Å². The number of amides is 2. The van der Waals surface area contributed by atoms with E-state index in [4.69, 9.17) is 4.74 Å². The highest BCUT2D eigenvalue weighted by molar-refractivity contribution is 9.10. The maximum absolute atomic E-state index is 13.8. The maximum atomic E-state index is 13.8. The Labute approximate surface area is 200 Å². The number of carbonyl (C=O) groups excluding carboxylic acids is 2. The van der Waals surface area contributed by atoms with E-state index >= 15 is 0 Å². The van der Waals surface area contributed by atoms with Crippen LogP contribution in [0, 0.1) is 12.7 Å². The third-order valence-electron chi connectivity index (χ3n) is 5.92. The van der Waals surface area contributed by atoms with Crippen LogP contribution in [0.5, 0.6) is 0 Å². The first-order valence-corrected chi connectivity index (χ1v) is 11.4. The Kier molecular flexibility index (Phi) is 6.91. The Bertz CT molecular complexity index is 1180. The van der Waals surface area contributed by atoms with Gasteiger partial charge < -0.3 is 15.0 Å². The number of halogens is 2. The minimum atomic E-state index is -0.690. The van der Waals surface area contributed by atoms with E-state index in [9.17, 15) is 14.0 Å². The molecule has 1 aliphatic rings. The van der Waals surface area contributed by atoms with E-state index in [1.165, 1.54) is 12.1 Å². The molecule has 170 valence electrons. The predicted molar refractivity (Wildman–Crippen MR) is 129 cm³/mol. The number of aryl methyl sites for hydroxylation is 1. The third-order valence-corrected chi connectivity index (χ3v) is 6.41. The predicted octanol–water partition coefficient (Wildman–Crippen LogP) is 5.46. The normalized spacial score (nSPS) is 17.6. The Morgan fingerprint density at radius 1 is 1.12 bits per heavy atom. The number of nitrogens with one attached hydrogen (secondary N) is 1. The number of methoxy groups -OCH3 is 1. The molecule has 33 heavy (non-hydrogen) atoms. The molecular weight excluding hydrogens is 487 g/mol. The van der Waals surface area contributed by atoms with E-state index in [2.05, 4.69) is 21.2 Å². The fourth-order valence-electron chi connectivity index (χ4n) is 4.32. The van der Waals surface area contributed by atoms with E-state index in [1.54, 1.807) is 36.3 Å². The van der Waals surface area contributed by atoms with Gasteiger partial charge in [-0.15, -0.1) is 0 Å². The molecule has 2 amide bonds. The number of rotatable bonds is 6. The first-order chi connectivity index (χ1) is 15.9. The number of fused-ring (bicyclic) bond motifs is 1. The summed E-state index contributed by atoms with van der Waals surface area (Å²) in [6.07, 6.45) is 0. The summed E-state index contributed by atoms with van der Waals surface area (Å²) in [5, 5.41) is 3.05. The van der Waals surface area contributed by atoms with Crippen LogP contribution >= 0.6 is 15.9 Å². The molecule has 3 aromatic rings. The standard InChI is InChI=1S/C26H24BrFN2O3/c1-16-15-18(27)9-12-22(16)29-25(31)23-20-5-3-4-6-21(20)26(32)30(13-14-33-2)24(23)17-7-10-19(28)11-8-17/h3-12,15,23-24H,13-14H2,1-2H3,(H,29,31)/t23-,24-/m1/s1. The molecule has 0 radical (unpaired) electrons. The second-order valence-corrected chi connectivity index (χ2v) is 8.92. The zero-order chi connectivity index (χ0) is 23.5. The zero-order valence-electron chi connectivity index (χ0n) is 18.3. The largest absolute Gasteiger partial charge is 0.383 e. The van der Waals surface area contributed by atoms with Gasteiger partial charge in [0.1, 0.15) is 5.82 Å². The first-order valence-electron chi connectivity index (χ1n) is 10.6. The molecule has 3 aromatic carbocycles. The minimum absolute atomic E-state index is 0.180. The number of carbonyl (C=O) groups is 2. The van der Waals surface area contributed by atoms with E-state index in [0.29, 0.717) is 35.5 Å². The summed E-state index contributed by atoms with van der Waals surface area (Å²) in [6, 6.07) is 18.1. The lowest BCUT2D eigenvalue weighted by atomic mass is 9.79. The topological polar surface area (TPSA) is 58.6 Å². The van der Waals surface area contributed by atoms with Crippen LogP contribution in [0.3, 0.4) is 0 Å². The average molecular weight is 511 g/mol. The Morgan fingerprint density at radius 3 is 2.55 bits per heavy atom. The summed E-state index contributed by atoms with van der Waals surface area (Å²) >= 11 is 3.45. The molecule has 0 bridgehead atoms. The highest BCUT2D eigenvalue weighted by atomic mass is 79.9. The van der Waals surface area contributed by atoms with Crippen LogP contribution in [0.1, 0.15) is 39.0 Å². The number of hydrogen-bond acceptors (Lipinski definition) is 3. The van der Waals surface area contributed by atoms with Gasteiger partial charge in [0.25, 0.3) is 5.91 Å². The van der Waals surface area contributed by atoms with Crippen LogP contribution in [0.4, 0.5) is 10.1 Å². The van der Waals surface area contributed by atoms with Crippen LogP contribution in [0.2, 0.25) is 0 Å². The highest BCUT2D eigenvalue weighted by Crippen LogP contribution is 2.43. The molecule has 0 spiro atoms. The molecular formula is C26H24BrFN2O3. The number of nitrogens with zero attached hydrogens (tertiary/aromatic N) is 1. The van der Waals surface area contributed by atoms with Crippen molar-refractivity contribution in [1.29, 1.82) is 0 Å². The summed E-state index contributed by atoms with van der Waals surface area (Å²) in [7, 11) is 1.57. The average Bonchev–Trinajstić information content (AvgIpc) is 2.80. The second kappa shape index (κ2) is 9.85. The van der Waals surface area contributed by atoms with Gasteiger partial charge in [0.15, 0.2) is 0 Å². The summed E-state index contributed by atoms with van der Waals surface area (Å²) in [5.74, 6) is -1.49. The first kappa shape index (κ1) is 23.1. The number of ether oxygens (including phenoxy) is 1. The van der Waals surface area contributed by atoms with E-state index in [0.717, 1.165) is 10.0 Å². The van der Waals surface area contributed by atoms with Gasteiger partial charge in [0, 0.05) is 29.4 Å². The number of anilines is 1. The van der Waals surface area contributed by atoms with Gasteiger partial charge in [-0.1, -0.05) is 46.3 Å². The smallest absolute Gasteiger partial charge is 0.254 e. The lowest BCUT2D eigenvalue weighted by Crippen LogP contribution is -2.47. The zero-order valence-corrected chi connectivity index (χ0v) is 19.9. The Hall–Kier alpha value is -3.03. The van der Waals surface area contributed by atoms with Gasteiger partial charge in [0.2, 0.25) is 5.91 Å². The molecule has 7 heteroatoms. The van der Waals surface area contributed by atoms with Crippen LogP contribution in [0.15, 0.2) is 71.2 Å². The van der Waals surface area contributed by atoms with Gasteiger partial charge in [-0.3, -0.25) is 9.59 Å². The lowest BCUT2D eigenvalue weighted by molar-refractivity contribution is -0.119. The van der Waals surface area contributed by atoms with E-state index in [-0.39, 0.29) is 17.6 Å². The molecule has 0 unspecified atom stereocenters. The van der Waals surface area contributed by atoms with Crippen LogP contribution in [0.25, 0.3) is 0 Å². The molecule has 0 fully saturated rings. The molecule has 1 aliphatic heterocycles. The molecule has 0 saturated heterocycles. The summed E-state index contributed by atoms with van der Waals surface area (Å²) in [4.78, 5) is 28.9. The van der Waals surface area contributed by atoms with Gasteiger partial charge in [0.05, 0.1) is 18.6 Å². The molecule has 5 nitrogen and oxygen atoms in total. The van der Waals surface area contributed by atoms with Crippen LogP contribution in [-0.4, -0.2) is 37.0 Å². The quantitative estimate of drug-likeness (QED) is 0.478. The van der Waals surface area contributed by atoms with Gasteiger partial charge in [-0.05, 0) is 60.0 Å². The lowest BCUT2D eigenvalue weighted by Gasteiger charge is -2.41. The fourth-order valence-corrected chi connectivity index (χ4v) is 4.79. The van der Waals surface area contributed by atoms with Crippen molar-refractivity contribution in [3.63, 3.8) is 0 Å². The fraction of sp³-hybridized carbons (Fsp3) is 0.231. The second-order valence-electron chi connectivity index (χ2n) is 8.00. The summed E-state index contributed by atoms with van der Waals surface area (Å²) in [5.41, 5.74) is 3.42. The summed E-state index contributed by atoms with van der Waals surface area (Å²) < 4.78 is 19.9. The van der Waals surface area contributed by atoms with Gasteiger partial charge in [-0.25, -0.2) is 4.39 Å². The highest BCUT2D eigenvalue weighted by Gasteiger charge is 2.44. The number of benzene rings is 3. The molecule has 2 atom stereocenters. The molecule has 1 heterocycles. The molecule has 0 aliphatic carbocycles. The van der Waals surface area contributed by atoms with E-state index in [1.807, 2.05) is 37.3 Å². The van der Waals surface area contributed by atoms with Gasteiger partial charge in [-0.2, -0.15) is 0 Å². The van der Waals surface area contributed by atoms with Crippen molar-refractivity contribution in [1.82, 2.24) is 4.90 Å². The molecule has 0 aromatic heterocycles. The minimum Gasteiger partial charge on any atom is -0.383 e. The molecule has 0 saturated carbocycles. The monoisotopic (exact) mass is 510 g/mol. The van der Waals surface area contributed by atoms with Crippen molar-refractivity contribution in [2.24, 2.45) is 0 Å². The Morgan fingerprint density at radius 2 is 1.85 bits per heavy atom. The Balaban J connectivity index is 1.83. The van der Waals surface area contributed by atoms with Crippen molar-refractivity contribution in [2.75, 3.05) is 25.6 Å². The van der Waals surface area contributed by atoms with E-state index < -0.39 is 12.0 Å². The SMILES string of the molecule is COCCN1C(=O)c2ccccc2[C@@H](C(=O)Nc2ccc(Br)cc2C)[C@H]1c1ccc(F)cc1.